The Morgan fingerprint density at radius 2 is 1.80 bits per heavy atom. The Balaban J connectivity index is 2.77. The number of aryl methyl sites for hydroxylation is 1. The summed E-state index contributed by atoms with van der Waals surface area (Å²) in [5.74, 6) is 0. The first kappa shape index (κ1) is 9.96. The molecule has 1 aromatic carbocycles. The number of pyridine rings is 1. The summed E-state index contributed by atoms with van der Waals surface area (Å²) in [4.78, 5) is 4.05. The maximum absolute atomic E-state index is 12.6. The molecular formula is C11H8F3N. The van der Waals surface area contributed by atoms with E-state index in [0.717, 1.165) is 6.07 Å². The van der Waals surface area contributed by atoms with E-state index in [4.69, 9.17) is 0 Å². The van der Waals surface area contributed by atoms with Crippen molar-refractivity contribution in [2.75, 3.05) is 0 Å². The Hall–Kier alpha value is -1.58. The van der Waals surface area contributed by atoms with Gasteiger partial charge in [-0.05, 0) is 25.1 Å². The molecule has 0 N–H and O–H groups in total. The molecule has 0 radical (unpaired) electrons. The molecule has 4 heteroatoms. The van der Waals surface area contributed by atoms with E-state index in [9.17, 15) is 13.2 Å². The average molecular weight is 211 g/mol. The number of alkyl halides is 3. The quantitative estimate of drug-likeness (QED) is 0.649. The van der Waals surface area contributed by atoms with Gasteiger partial charge in [-0.1, -0.05) is 12.1 Å². The maximum atomic E-state index is 12.6. The van der Waals surface area contributed by atoms with Crippen molar-refractivity contribution in [2.24, 2.45) is 0 Å². The fourth-order valence-corrected chi connectivity index (χ4v) is 1.50. The van der Waals surface area contributed by atoms with Crippen LogP contribution in [0.15, 0.2) is 30.3 Å². The number of fused-ring (bicyclic) bond motifs is 1. The van der Waals surface area contributed by atoms with E-state index < -0.39 is 11.7 Å². The van der Waals surface area contributed by atoms with Gasteiger partial charge in [-0.2, -0.15) is 13.2 Å². The van der Waals surface area contributed by atoms with E-state index in [-0.39, 0.29) is 5.39 Å². The van der Waals surface area contributed by atoms with Crippen LogP contribution in [0.25, 0.3) is 10.9 Å². The monoisotopic (exact) mass is 211 g/mol. The first-order valence-electron chi connectivity index (χ1n) is 4.42. The number of aromatic nitrogens is 1. The largest absolute Gasteiger partial charge is 0.417 e. The Labute approximate surface area is 84.6 Å². The van der Waals surface area contributed by atoms with Gasteiger partial charge in [0.1, 0.15) is 0 Å². The first-order valence-corrected chi connectivity index (χ1v) is 4.42. The molecule has 0 bridgehead atoms. The molecule has 2 rings (SSSR count). The van der Waals surface area contributed by atoms with Gasteiger partial charge in [0.05, 0.1) is 11.1 Å². The molecule has 0 spiro atoms. The molecule has 0 saturated carbocycles. The van der Waals surface area contributed by atoms with Crippen LogP contribution in [-0.4, -0.2) is 4.98 Å². The lowest BCUT2D eigenvalue weighted by Gasteiger charge is -2.09. The number of benzene rings is 1. The maximum Gasteiger partial charge on any atom is 0.417 e. The molecular weight excluding hydrogens is 203 g/mol. The van der Waals surface area contributed by atoms with Crippen LogP contribution in [0.1, 0.15) is 11.3 Å². The normalized spacial score (nSPS) is 12.0. The topological polar surface area (TPSA) is 12.9 Å². The molecule has 15 heavy (non-hydrogen) atoms. The molecule has 0 aliphatic rings. The third-order valence-corrected chi connectivity index (χ3v) is 2.18. The zero-order valence-corrected chi connectivity index (χ0v) is 7.97. The van der Waals surface area contributed by atoms with E-state index >= 15 is 0 Å². The van der Waals surface area contributed by atoms with Gasteiger partial charge in [-0.15, -0.1) is 0 Å². The minimum atomic E-state index is -4.32. The van der Waals surface area contributed by atoms with E-state index in [1.807, 2.05) is 0 Å². The number of rotatable bonds is 0. The third kappa shape index (κ3) is 1.79. The molecule has 0 aliphatic carbocycles. The number of hydrogen-bond donors (Lipinski definition) is 0. The predicted octanol–water partition coefficient (Wildman–Crippen LogP) is 3.56. The summed E-state index contributed by atoms with van der Waals surface area (Å²) in [5.41, 5.74) is 0.458. The molecule has 78 valence electrons. The van der Waals surface area contributed by atoms with Crippen molar-refractivity contribution in [3.63, 3.8) is 0 Å². The van der Waals surface area contributed by atoms with Crippen LogP contribution in [0.2, 0.25) is 0 Å². The predicted molar refractivity (Wildman–Crippen MR) is 51.5 cm³/mol. The minimum Gasteiger partial charge on any atom is -0.253 e. The summed E-state index contributed by atoms with van der Waals surface area (Å²) >= 11 is 0. The van der Waals surface area contributed by atoms with Crippen LogP contribution >= 0.6 is 0 Å². The van der Waals surface area contributed by atoms with Crippen LogP contribution in [0.5, 0.6) is 0 Å². The summed E-state index contributed by atoms with van der Waals surface area (Å²) in [6.07, 6.45) is -4.32. The molecule has 0 aliphatic heterocycles. The lowest BCUT2D eigenvalue weighted by atomic mass is 10.1. The SMILES string of the molecule is Cc1ccc2c(C(F)(F)F)cccc2n1. The second-order valence-electron chi connectivity index (χ2n) is 3.32. The van der Waals surface area contributed by atoms with Crippen molar-refractivity contribution >= 4 is 10.9 Å². The highest BCUT2D eigenvalue weighted by Crippen LogP contribution is 2.34. The second kappa shape index (κ2) is 3.22. The van der Waals surface area contributed by atoms with E-state index in [2.05, 4.69) is 4.98 Å². The van der Waals surface area contributed by atoms with Crippen LogP contribution < -0.4 is 0 Å². The Morgan fingerprint density at radius 3 is 2.47 bits per heavy atom. The molecule has 0 amide bonds. The highest BCUT2D eigenvalue weighted by atomic mass is 19.4. The standard InChI is InChI=1S/C11H8F3N/c1-7-5-6-8-9(11(12,13)14)3-2-4-10(8)15-7/h2-6H,1H3. The van der Waals surface area contributed by atoms with Crippen LogP contribution in [0.3, 0.4) is 0 Å². The van der Waals surface area contributed by atoms with Crippen molar-refractivity contribution in [3.05, 3.63) is 41.6 Å². The molecule has 0 saturated heterocycles. The summed E-state index contributed by atoms with van der Waals surface area (Å²) < 4.78 is 37.8. The molecule has 2 aromatic rings. The van der Waals surface area contributed by atoms with Gasteiger partial charge in [0, 0.05) is 11.1 Å². The fourth-order valence-electron chi connectivity index (χ4n) is 1.50. The van der Waals surface area contributed by atoms with Crippen molar-refractivity contribution in [3.8, 4) is 0 Å². The van der Waals surface area contributed by atoms with Crippen molar-refractivity contribution in [1.29, 1.82) is 0 Å². The van der Waals surface area contributed by atoms with E-state index in [0.29, 0.717) is 11.2 Å². The van der Waals surface area contributed by atoms with Gasteiger partial charge in [-0.3, -0.25) is 4.98 Å². The van der Waals surface area contributed by atoms with Gasteiger partial charge < -0.3 is 0 Å². The zero-order chi connectivity index (χ0) is 11.1. The van der Waals surface area contributed by atoms with Gasteiger partial charge in [0.2, 0.25) is 0 Å². The number of halogens is 3. The smallest absolute Gasteiger partial charge is 0.253 e. The number of nitrogens with zero attached hydrogens (tertiary/aromatic N) is 1. The summed E-state index contributed by atoms with van der Waals surface area (Å²) in [6.45, 7) is 1.75. The molecule has 1 nitrogen and oxygen atoms in total. The van der Waals surface area contributed by atoms with Gasteiger partial charge in [0.15, 0.2) is 0 Å². The lowest BCUT2D eigenvalue weighted by Crippen LogP contribution is -2.05. The van der Waals surface area contributed by atoms with Crippen molar-refractivity contribution in [1.82, 2.24) is 4.98 Å². The molecule has 1 aromatic heterocycles. The molecule has 0 fully saturated rings. The lowest BCUT2D eigenvalue weighted by molar-refractivity contribution is -0.136. The molecule has 0 unspecified atom stereocenters. The highest BCUT2D eigenvalue weighted by Gasteiger charge is 2.32. The van der Waals surface area contributed by atoms with Gasteiger partial charge in [-0.25, -0.2) is 0 Å². The number of hydrogen-bond acceptors (Lipinski definition) is 1. The third-order valence-electron chi connectivity index (χ3n) is 2.18. The van der Waals surface area contributed by atoms with Crippen LogP contribution in [0.4, 0.5) is 13.2 Å². The molecule has 1 heterocycles. The Bertz CT molecular complexity index is 503. The Kier molecular flexibility index (Phi) is 2.14. The van der Waals surface area contributed by atoms with Crippen molar-refractivity contribution in [2.45, 2.75) is 13.1 Å². The first-order chi connectivity index (χ1) is 6.98. The second-order valence-corrected chi connectivity index (χ2v) is 3.32. The summed E-state index contributed by atoms with van der Waals surface area (Å²) in [5, 5.41) is 0.149. The zero-order valence-electron chi connectivity index (χ0n) is 7.97. The van der Waals surface area contributed by atoms with E-state index in [1.165, 1.54) is 12.1 Å². The highest BCUT2D eigenvalue weighted by molar-refractivity contribution is 5.82. The van der Waals surface area contributed by atoms with Crippen LogP contribution in [-0.2, 0) is 6.18 Å². The average Bonchev–Trinajstić information content (AvgIpc) is 2.15. The van der Waals surface area contributed by atoms with E-state index in [1.54, 1.807) is 19.1 Å². The summed E-state index contributed by atoms with van der Waals surface area (Å²) in [7, 11) is 0. The minimum absolute atomic E-state index is 0.149. The van der Waals surface area contributed by atoms with Gasteiger partial charge >= 0.3 is 6.18 Å². The van der Waals surface area contributed by atoms with Crippen LogP contribution in [0, 0.1) is 6.92 Å². The Morgan fingerprint density at radius 1 is 1.07 bits per heavy atom. The van der Waals surface area contributed by atoms with Gasteiger partial charge in [0.25, 0.3) is 0 Å². The summed E-state index contributed by atoms with van der Waals surface area (Å²) in [6, 6.07) is 7.06. The molecule has 0 atom stereocenters. The fraction of sp³-hybridized carbons (Fsp3) is 0.182. The van der Waals surface area contributed by atoms with Crippen molar-refractivity contribution < 1.29 is 13.2 Å².